The summed E-state index contributed by atoms with van der Waals surface area (Å²) in [5.41, 5.74) is 0.346. The number of urea groups is 1. The number of halogens is 1. The van der Waals surface area contributed by atoms with Crippen LogP contribution in [-0.2, 0) is 0 Å². The van der Waals surface area contributed by atoms with Crippen LogP contribution < -0.4 is 10.1 Å². The van der Waals surface area contributed by atoms with Gasteiger partial charge in [-0.25, -0.2) is 9.18 Å². The fourth-order valence-electron chi connectivity index (χ4n) is 2.61. The minimum absolute atomic E-state index is 0.0811. The average molecular weight is 322 g/mol. The monoisotopic (exact) mass is 322 g/mol. The Labute approximate surface area is 135 Å². The van der Waals surface area contributed by atoms with Crippen molar-refractivity contribution in [2.24, 2.45) is 0 Å². The molecule has 126 valence electrons. The quantitative estimate of drug-likeness (QED) is 0.758. The van der Waals surface area contributed by atoms with Gasteiger partial charge in [0.05, 0.1) is 12.7 Å². The number of amides is 2. The molecule has 1 aromatic carbocycles. The van der Waals surface area contributed by atoms with Gasteiger partial charge in [0.2, 0.25) is 0 Å². The van der Waals surface area contributed by atoms with Gasteiger partial charge in [0.15, 0.2) is 11.6 Å². The molecule has 1 saturated carbocycles. The second kappa shape index (κ2) is 8.53. The van der Waals surface area contributed by atoms with E-state index in [1.54, 1.807) is 12.1 Å². The zero-order valence-corrected chi connectivity index (χ0v) is 13.1. The lowest BCUT2D eigenvalue weighted by atomic mass is 10.2. The molecule has 0 spiro atoms. The van der Waals surface area contributed by atoms with Crippen molar-refractivity contribution in [3.63, 3.8) is 0 Å². The summed E-state index contributed by atoms with van der Waals surface area (Å²) in [7, 11) is 0. The van der Waals surface area contributed by atoms with Crippen molar-refractivity contribution < 1.29 is 19.0 Å². The largest absolute Gasteiger partial charge is 0.487 e. The van der Waals surface area contributed by atoms with E-state index in [0.717, 1.165) is 25.7 Å². The van der Waals surface area contributed by atoms with Crippen LogP contribution in [0.1, 0.15) is 25.7 Å². The van der Waals surface area contributed by atoms with Crippen molar-refractivity contribution in [1.29, 1.82) is 0 Å². The normalized spacial score (nSPS) is 14.5. The number of anilines is 1. The Morgan fingerprint density at radius 2 is 2.22 bits per heavy atom. The molecule has 0 bridgehead atoms. The van der Waals surface area contributed by atoms with E-state index < -0.39 is 11.8 Å². The molecule has 0 radical (unpaired) electrons. The van der Waals surface area contributed by atoms with Crippen LogP contribution in [0.2, 0.25) is 0 Å². The number of carbonyl (C=O) groups is 1. The molecule has 1 aliphatic rings. The van der Waals surface area contributed by atoms with Crippen LogP contribution in [0.15, 0.2) is 30.9 Å². The Kier molecular flexibility index (Phi) is 6.40. The second-order valence-corrected chi connectivity index (χ2v) is 5.56. The number of ether oxygens (including phenoxy) is 1. The predicted molar refractivity (Wildman–Crippen MR) is 87.2 cm³/mol. The van der Waals surface area contributed by atoms with Gasteiger partial charge in [-0.2, -0.15) is 0 Å². The molecule has 2 N–H and O–H groups in total. The van der Waals surface area contributed by atoms with Crippen molar-refractivity contribution in [2.75, 3.05) is 25.0 Å². The molecule has 0 unspecified atom stereocenters. The molecule has 1 aliphatic carbocycles. The summed E-state index contributed by atoms with van der Waals surface area (Å²) in [5.74, 6) is -0.277. The first kappa shape index (κ1) is 17.3. The van der Waals surface area contributed by atoms with Gasteiger partial charge in [0, 0.05) is 24.8 Å². The Morgan fingerprint density at radius 3 is 2.83 bits per heavy atom. The first-order chi connectivity index (χ1) is 11.1. The molecule has 0 aliphatic heterocycles. The van der Waals surface area contributed by atoms with Crippen molar-refractivity contribution >= 4 is 11.7 Å². The molecule has 1 fully saturated rings. The van der Waals surface area contributed by atoms with Gasteiger partial charge in [-0.05, 0) is 37.8 Å². The third kappa shape index (κ3) is 4.96. The average Bonchev–Trinajstić information content (AvgIpc) is 3.03. The van der Waals surface area contributed by atoms with Crippen LogP contribution in [0.25, 0.3) is 0 Å². The molecule has 23 heavy (non-hydrogen) atoms. The van der Waals surface area contributed by atoms with E-state index in [4.69, 9.17) is 9.84 Å². The number of carbonyl (C=O) groups excluding carboxylic acids is 1. The maximum absolute atomic E-state index is 14.1. The number of aliphatic hydroxyl groups is 1. The Bertz CT molecular complexity index is 545. The summed E-state index contributed by atoms with van der Waals surface area (Å²) in [6.07, 6.45) is 5.78. The molecule has 0 heterocycles. The highest BCUT2D eigenvalue weighted by molar-refractivity contribution is 5.89. The van der Waals surface area contributed by atoms with E-state index in [2.05, 4.69) is 11.9 Å². The van der Waals surface area contributed by atoms with Crippen LogP contribution in [0.4, 0.5) is 14.9 Å². The molecule has 0 saturated heterocycles. The van der Waals surface area contributed by atoms with E-state index in [1.807, 2.05) is 0 Å². The van der Waals surface area contributed by atoms with Crippen LogP contribution in [-0.4, -0.2) is 41.8 Å². The van der Waals surface area contributed by atoms with Crippen LogP contribution in [0.3, 0.4) is 0 Å². The summed E-state index contributed by atoms with van der Waals surface area (Å²) in [6, 6.07) is 3.97. The number of hydrogen-bond acceptors (Lipinski definition) is 3. The molecule has 5 nitrogen and oxygen atoms in total. The fraction of sp³-hybridized carbons (Fsp3) is 0.471. The zero-order valence-electron chi connectivity index (χ0n) is 13.1. The van der Waals surface area contributed by atoms with Gasteiger partial charge < -0.3 is 20.1 Å². The van der Waals surface area contributed by atoms with Gasteiger partial charge in [-0.1, -0.05) is 6.08 Å². The minimum atomic E-state index is -0.493. The third-order valence-corrected chi connectivity index (χ3v) is 3.79. The Balaban J connectivity index is 1.98. The molecule has 2 amide bonds. The summed E-state index contributed by atoms with van der Waals surface area (Å²) in [5, 5.41) is 11.6. The van der Waals surface area contributed by atoms with E-state index in [9.17, 15) is 9.18 Å². The summed E-state index contributed by atoms with van der Waals surface area (Å²) in [4.78, 5) is 13.5. The maximum atomic E-state index is 14.1. The Morgan fingerprint density at radius 1 is 1.48 bits per heavy atom. The van der Waals surface area contributed by atoms with Crippen molar-refractivity contribution in [1.82, 2.24) is 4.90 Å². The smallest absolute Gasteiger partial charge is 0.322 e. The molecule has 0 atom stereocenters. The predicted octanol–water partition coefficient (Wildman–Crippen LogP) is 3.16. The second-order valence-electron chi connectivity index (χ2n) is 5.56. The standard InChI is InChI=1S/C17H23FN2O3/c1-2-9-20(10-11-21)17(22)19-13-7-8-16(15(18)12-13)23-14-5-3-4-6-14/h2,7-8,12,14,21H,1,3-6,9-11H2,(H,19,22). The van der Waals surface area contributed by atoms with Crippen molar-refractivity contribution in [2.45, 2.75) is 31.8 Å². The van der Waals surface area contributed by atoms with Crippen molar-refractivity contribution in [3.8, 4) is 5.75 Å². The van der Waals surface area contributed by atoms with Gasteiger partial charge in [-0.3, -0.25) is 0 Å². The zero-order chi connectivity index (χ0) is 16.7. The first-order valence-corrected chi connectivity index (χ1v) is 7.88. The van der Waals surface area contributed by atoms with E-state index >= 15 is 0 Å². The number of nitrogens with zero attached hydrogens (tertiary/aromatic N) is 1. The highest BCUT2D eigenvalue weighted by Crippen LogP contribution is 2.27. The fourth-order valence-corrected chi connectivity index (χ4v) is 2.61. The molecular formula is C17H23FN2O3. The van der Waals surface area contributed by atoms with E-state index in [1.165, 1.54) is 17.0 Å². The van der Waals surface area contributed by atoms with E-state index in [0.29, 0.717) is 12.2 Å². The van der Waals surface area contributed by atoms with Crippen LogP contribution in [0, 0.1) is 5.82 Å². The molecule has 6 heteroatoms. The lowest BCUT2D eigenvalue weighted by Crippen LogP contribution is -2.37. The number of rotatable bonds is 7. The summed E-state index contributed by atoms with van der Waals surface area (Å²) < 4.78 is 19.8. The van der Waals surface area contributed by atoms with Crippen LogP contribution in [0.5, 0.6) is 5.75 Å². The van der Waals surface area contributed by atoms with Gasteiger partial charge >= 0.3 is 6.03 Å². The molecule has 1 aromatic rings. The number of hydrogen-bond donors (Lipinski definition) is 2. The lowest BCUT2D eigenvalue weighted by Gasteiger charge is -2.21. The van der Waals surface area contributed by atoms with Gasteiger partial charge in [0.25, 0.3) is 0 Å². The maximum Gasteiger partial charge on any atom is 0.322 e. The first-order valence-electron chi connectivity index (χ1n) is 7.88. The third-order valence-electron chi connectivity index (χ3n) is 3.79. The Hall–Kier alpha value is -2.08. The molecule has 0 aromatic heterocycles. The summed E-state index contributed by atoms with van der Waals surface area (Å²) >= 11 is 0. The van der Waals surface area contributed by atoms with Gasteiger partial charge in [-0.15, -0.1) is 6.58 Å². The molecule has 2 rings (SSSR count). The highest BCUT2D eigenvalue weighted by Gasteiger charge is 2.19. The highest BCUT2D eigenvalue weighted by atomic mass is 19.1. The number of nitrogens with one attached hydrogen (secondary N) is 1. The van der Waals surface area contributed by atoms with Gasteiger partial charge in [0.1, 0.15) is 0 Å². The molecular weight excluding hydrogens is 299 g/mol. The minimum Gasteiger partial charge on any atom is -0.487 e. The summed E-state index contributed by atoms with van der Waals surface area (Å²) in [6.45, 7) is 3.90. The number of benzene rings is 1. The lowest BCUT2D eigenvalue weighted by molar-refractivity contribution is 0.195. The number of aliphatic hydroxyl groups excluding tert-OH is 1. The van der Waals surface area contributed by atoms with Crippen LogP contribution >= 0.6 is 0 Å². The topological polar surface area (TPSA) is 61.8 Å². The SMILES string of the molecule is C=CCN(CCO)C(=O)Nc1ccc(OC2CCCC2)c(F)c1. The van der Waals surface area contributed by atoms with E-state index in [-0.39, 0.29) is 25.0 Å². The van der Waals surface area contributed by atoms with Crippen molar-refractivity contribution in [3.05, 3.63) is 36.7 Å².